The Morgan fingerprint density at radius 1 is 1.24 bits per heavy atom. The monoisotopic (exact) mass is 237 g/mol. The standard InChI is InChI=1S/C11H9F2N3O/c1-17-10-5-7(12)6(4-8(10)13)9-2-3-15-11(14)16-9/h2-5H,1H3,(H2,14,15,16). The van der Waals surface area contributed by atoms with Crippen LogP contribution >= 0.6 is 0 Å². The van der Waals surface area contributed by atoms with Crippen molar-refractivity contribution < 1.29 is 13.5 Å². The number of nitrogens with zero attached hydrogens (tertiary/aromatic N) is 2. The van der Waals surface area contributed by atoms with E-state index in [9.17, 15) is 8.78 Å². The number of anilines is 1. The number of nitrogens with two attached hydrogens (primary N) is 1. The molecule has 0 aliphatic rings. The Morgan fingerprint density at radius 3 is 2.65 bits per heavy atom. The number of methoxy groups -OCH3 is 1. The van der Waals surface area contributed by atoms with E-state index in [4.69, 9.17) is 5.73 Å². The molecule has 1 aromatic heterocycles. The highest BCUT2D eigenvalue weighted by Crippen LogP contribution is 2.27. The molecule has 0 saturated heterocycles. The number of aromatic nitrogens is 2. The van der Waals surface area contributed by atoms with E-state index in [1.165, 1.54) is 19.4 Å². The van der Waals surface area contributed by atoms with Crippen LogP contribution in [0.2, 0.25) is 0 Å². The van der Waals surface area contributed by atoms with Gasteiger partial charge in [0.2, 0.25) is 5.95 Å². The second kappa shape index (κ2) is 4.32. The number of benzene rings is 1. The van der Waals surface area contributed by atoms with Crippen LogP contribution in [-0.4, -0.2) is 17.1 Å². The summed E-state index contributed by atoms with van der Waals surface area (Å²) in [5, 5.41) is 0. The molecule has 0 unspecified atom stereocenters. The molecule has 0 atom stereocenters. The Labute approximate surface area is 96.1 Å². The minimum atomic E-state index is -0.666. The summed E-state index contributed by atoms with van der Waals surface area (Å²) >= 11 is 0. The summed E-state index contributed by atoms with van der Waals surface area (Å²) in [7, 11) is 1.26. The third-order valence-electron chi connectivity index (χ3n) is 2.19. The molecule has 0 aliphatic carbocycles. The van der Waals surface area contributed by atoms with Gasteiger partial charge in [0, 0.05) is 17.8 Å². The van der Waals surface area contributed by atoms with Crippen molar-refractivity contribution in [3.8, 4) is 17.0 Å². The lowest BCUT2D eigenvalue weighted by atomic mass is 10.1. The average Bonchev–Trinajstić information content (AvgIpc) is 2.31. The lowest BCUT2D eigenvalue weighted by Crippen LogP contribution is -1.98. The lowest BCUT2D eigenvalue weighted by molar-refractivity contribution is 0.383. The first-order chi connectivity index (χ1) is 8.11. The molecule has 6 heteroatoms. The smallest absolute Gasteiger partial charge is 0.220 e. The lowest BCUT2D eigenvalue weighted by Gasteiger charge is -2.06. The molecule has 1 aromatic carbocycles. The molecule has 88 valence electrons. The molecule has 0 spiro atoms. The van der Waals surface area contributed by atoms with E-state index < -0.39 is 11.6 Å². The van der Waals surface area contributed by atoms with Crippen molar-refractivity contribution in [1.82, 2.24) is 9.97 Å². The summed E-state index contributed by atoms with van der Waals surface area (Å²) in [6.45, 7) is 0. The topological polar surface area (TPSA) is 61.0 Å². The predicted molar refractivity (Wildman–Crippen MR) is 58.3 cm³/mol. The third kappa shape index (κ3) is 2.15. The van der Waals surface area contributed by atoms with Crippen molar-refractivity contribution in [3.63, 3.8) is 0 Å². The van der Waals surface area contributed by atoms with Crippen LogP contribution in [0.3, 0.4) is 0 Å². The highest BCUT2D eigenvalue weighted by atomic mass is 19.1. The van der Waals surface area contributed by atoms with Crippen molar-refractivity contribution in [2.45, 2.75) is 0 Å². The fourth-order valence-electron chi connectivity index (χ4n) is 1.41. The first kappa shape index (κ1) is 11.3. The van der Waals surface area contributed by atoms with E-state index in [0.29, 0.717) is 0 Å². The highest BCUT2D eigenvalue weighted by Gasteiger charge is 2.13. The van der Waals surface area contributed by atoms with Gasteiger partial charge in [-0.3, -0.25) is 0 Å². The van der Waals surface area contributed by atoms with E-state index in [-0.39, 0.29) is 23.0 Å². The number of ether oxygens (including phenoxy) is 1. The summed E-state index contributed by atoms with van der Waals surface area (Å²) < 4.78 is 31.8. The predicted octanol–water partition coefficient (Wildman–Crippen LogP) is 2.01. The van der Waals surface area contributed by atoms with Gasteiger partial charge in [-0.1, -0.05) is 0 Å². The van der Waals surface area contributed by atoms with Crippen molar-refractivity contribution in [2.75, 3.05) is 12.8 Å². The van der Waals surface area contributed by atoms with Crippen LogP contribution in [0.25, 0.3) is 11.3 Å². The van der Waals surface area contributed by atoms with Crippen LogP contribution in [0.4, 0.5) is 14.7 Å². The second-order valence-electron chi connectivity index (χ2n) is 3.27. The Balaban J connectivity index is 2.56. The summed E-state index contributed by atoms with van der Waals surface area (Å²) in [5.74, 6) is -1.46. The minimum absolute atomic E-state index is 0.00173. The highest BCUT2D eigenvalue weighted by molar-refractivity contribution is 5.62. The molecule has 1 heterocycles. The number of nitrogen functional groups attached to an aromatic ring is 1. The molecule has 17 heavy (non-hydrogen) atoms. The molecular formula is C11H9F2N3O. The summed E-state index contributed by atoms with van der Waals surface area (Å²) in [5.41, 5.74) is 5.61. The zero-order chi connectivity index (χ0) is 12.4. The van der Waals surface area contributed by atoms with Crippen LogP contribution in [0.5, 0.6) is 5.75 Å². The quantitative estimate of drug-likeness (QED) is 0.867. The Bertz CT molecular complexity index is 560. The Kier molecular flexibility index (Phi) is 2.86. The van der Waals surface area contributed by atoms with Gasteiger partial charge in [0.25, 0.3) is 0 Å². The zero-order valence-corrected chi connectivity index (χ0v) is 8.95. The molecule has 0 saturated carbocycles. The Hall–Kier alpha value is -2.24. The minimum Gasteiger partial charge on any atom is -0.494 e. The molecule has 0 radical (unpaired) electrons. The molecule has 0 fully saturated rings. The summed E-state index contributed by atoms with van der Waals surface area (Å²) in [6.07, 6.45) is 1.37. The normalized spacial score (nSPS) is 10.3. The Morgan fingerprint density at radius 2 is 2.00 bits per heavy atom. The number of hydrogen-bond donors (Lipinski definition) is 1. The SMILES string of the molecule is COc1cc(F)c(-c2ccnc(N)n2)cc1F. The van der Waals surface area contributed by atoms with Gasteiger partial charge in [0.15, 0.2) is 11.6 Å². The van der Waals surface area contributed by atoms with Gasteiger partial charge >= 0.3 is 0 Å². The van der Waals surface area contributed by atoms with Gasteiger partial charge in [0.05, 0.1) is 12.8 Å². The largest absolute Gasteiger partial charge is 0.494 e. The van der Waals surface area contributed by atoms with Gasteiger partial charge in [-0.25, -0.2) is 18.7 Å². The van der Waals surface area contributed by atoms with E-state index >= 15 is 0 Å². The summed E-state index contributed by atoms with van der Waals surface area (Å²) in [4.78, 5) is 7.50. The molecule has 2 N–H and O–H groups in total. The van der Waals surface area contributed by atoms with Gasteiger partial charge in [-0.05, 0) is 12.1 Å². The van der Waals surface area contributed by atoms with Crippen molar-refractivity contribution in [3.05, 3.63) is 36.0 Å². The molecule has 0 bridgehead atoms. The van der Waals surface area contributed by atoms with Crippen molar-refractivity contribution >= 4 is 5.95 Å². The molecule has 2 aromatic rings. The fourth-order valence-corrected chi connectivity index (χ4v) is 1.41. The van der Waals surface area contributed by atoms with Crippen LogP contribution in [0.15, 0.2) is 24.4 Å². The number of rotatable bonds is 2. The maximum absolute atomic E-state index is 13.7. The van der Waals surface area contributed by atoms with Crippen molar-refractivity contribution in [2.24, 2.45) is 0 Å². The first-order valence-electron chi connectivity index (χ1n) is 4.73. The summed E-state index contributed by atoms with van der Waals surface area (Å²) in [6, 6.07) is 3.42. The van der Waals surface area contributed by atoms with Gasteiger partial charge in [-0.15, -0.1) is 0 Å². The second-order valence-corrected chi connectivity index (χ2v) is 3.27. The fraction of sp³-hybridized carbons (Fsp3) is 0.0909. The molecular weight excluding hydrogens is 228 g/mol. The van der Waals surface area contributed by atoms with Crippen LogP contribution in [-0.2, 0) is 0 Å². The zero-order valence-electron chi connectivity index (χ0n) is 8.95. The van der Waals surface area contributed by atoms with Gasteiger partial charge in [-0.2, -0.15) is 0 Å². The molecule has 0 amide bonds. The third-order valence-corrected chi connectivity index (χ3v) is 2.19. The molecule has 4 nitrogen and oxygen atoms in total. The maximum Gasteiger partial charge on any atom is 0.220 e. The van der Waals surface area contributed by atoms with E-state index in [0.717, 1.165) is 12.1 Å². The van der Waals surface area contributed by atoms with Crippen molar-refractivity contribution in [1.29, 1.82) is 0 Å². The van der Waals surface area contributed by atoms with E-state index in [2.05, 4.69) is 14.7 Å². The maximum atomic E-state index is 13.7. The van der Waals surface area contributed by atoms with Crippen LogP contribution in [0, 0.1) is 11.6 Å². The average molecular weight is 237 g/mol. The van der Waals surface area contributed by atoms with Gasteiger partial charge < -0.3 is 10.5 Å². The number of hydrogen-bond acceptors (Lipinski definition) is 4. The molecule has 2 rings (SSSR count). The van der Waals surface area contributed by atoms with Crippen LogP contribution in [0.1, 0.15) is 0 Å². The number of halogens is 2. The molecule has 0 aliphatic heterocycles. The van der Waals surface area contributed by atoms with E-state index in [1.807, 2.05) is 0 Å². The first-order valence-corrected chi connectivity index (χ1v) is 4.73. The van der Waals surface area contributed by atoms with E-state index in [1.54, 1.807) is 0 Å². The van der Waals surface area contributed by atoms with Crippen LogP contribution < -0.4 is 10.5 Å². The van der Waals surface area contributed by atoms with Gasteiger partial charge in [0.1, 0.15) is 5.82 Å².